The SMILES string of the molecule is CC1OCCC1CC#N. The second kappa shape index (κ2) is 2.84. The minimum atomic E-state index is 0.310. The highest BCUT2D eigenvalue weighted by Gasteiger charge is 2.23. The van der Waals surface area contributed by atoms with Crippen molar-refractivity contribution in [1.82, 2.24) is 0 Å². The molecule has 1 aliphatic heterocycles. The number of rotatable bonds is 1. The number of nitriles is 1. The Kier molecular flexibility index (Phi) is 2.07. The molecular weight excluding hydrogens is 114 g/mol. The summed E-state index contributed by atoms with van der Waals surface area (Å²) in [6.07, 6.45) is 2.03. The summed E-state index contributed by atoms with van der Waals surface area (Å²) in [5.41, 5.74) is 0. The molecule has 1 heterocycles. The molecule has 0 radical (unpaired) electrons. The Morgan fingerprint density at radius 2 is 2.56 bits per heavy atom. The van der Waals surface area contributed by atoms with E-state index in [1.165, 1.54) is 0 Å². The molecular formula is C7H11NO. The molecule has 2 unspecified atom stereocenters. The summed E-state index contributed by atoms with van der Waals surface area (Å²) in [7, 11) is 0. The van der Waals surface area contributed by atoms with Crippen molar-refractivity contribution in [2.45, 2.75) is 25.9 Å². The first kappa shape index (κ1) is 6.57. The van der Waals surface area contributed by atoms with Gasteiger partial charge < -0.3 is 4.74 Å². The lowest BCUT2D eigenvalue weighted by molar-refractivity contribution is 0.107. The second-order valence-electron chi connectivity index (χ2n) is 2.49. The molecule has 1 fully saturated rings. The van der Waals surface area contributed by atoms with Crippen LogP contribution in [0.3, 0.4) is 0 Å². The van der Waals surface area contributed by atoms with Gasteiger partial charge in [-0.2, -0.15) is 5.26 Å². The first-order valence-electron chi connectivity index (χ1n) is 3.33. The van der Waals surface area contributed by atoms with Crippen LogP contribution in [0.4, 0.5) is 0 Å². The van der Waals surface area contributed by atoms with Gasteiger partial charge in [-0.3, -0.25) is 0 Å². The van der Waals surface area contributed by atoms with Crippen molar-refractivity contribution in [2.75, 3.05) is 6.61 Å². The summed E-state index contributed by atoms with van der Waals surface area (Å²) < 4.78 is 5.27. The molecule has 0 spiro atoms. The summed E-state index contributed by atoms with van der Waals surface area (Å²) in [5.74, 6) is 0.495. The average Bonchev–Trinajstić information content (AvgIpc) is 2.18. The van der Waals surface area contributed by atoms with Crippen LogP contribution >= 0.6 is 0 Å². The lowest BCUT2D eigenvalue weighted by Crippen LogP contribution is -2.09. The Bertz CT molecular complexity index is 127. The molecule has 1 saturated heterocycles. The van der Waals surface area contributed by atoms with Gasteiger partial charge in [0, 0.05) is 13.0 Å². The van der Waals surface area contributed by atoms with Crippen LogP contribution in [0.2, 0.25) is 0 Å². The topological polar surface area (TPSA) is 33.0 Å². The number of ether oxygens (including phenoxy) is 1. The van der Waals surface area contributed by atoms with E-state index >= 15 is 0 Å². The van der Waals surface area contributed by atoms with Gasteiger partial charge in [-0.1, -0.05) is 0 Å². The van der Waals surface area contributed by atoms with Gasteiger partial charge in [0.2, 0.25) is 0 Å². The number of nitrogens with zero attached hydrogens (tertiary/aromatic N) is 1. The fourth-order valence-corrected chi connectivity index (χ4v) is 1.16. The Morgan fingerprint density at radius 1 is 1.78 bits per heavy atom. The fourth-order valence-electron chi connectivity index (χ4n) is 1.16. The molecule has 1 aliphatic rings. The molecule has 0 aromatic carbocycles. The Morgan fingerprint density at radius 3 is 3.00 bits per heavy atom. The molecule has 1 rings (SSSR count). The lowest BCUT2D eigenvalue weighted by Gasteiger charge is -2.07. The lowest BCUT2D eigenvalue weighted by atomic mass is 10.00. The Hall–Kier alpha value is -0.550. The van der Waals surface area contributed by atoms with Crippen molar-refractivity contribution in [3.63, 3.8) is 0 Å². The van der Waals surface area contributed by atoms with E-state index in [2.05, 4.69) is 6.07 Å². The van der Waals surface area contributed by atoms with Gasteiger partial charge in [0.05, 0.1) is 12.2 Å². The van der Waals surface area contributed by atoms with Crippen LogP contribution in [0.1, 0.15) is 19.8 Å². The highest BCUT2D eigenvalue weighted by atomic mass is 16.5. The zero-order valence-corrected chi connectivity index (χ0v) is 5.63. The minimum absolute atomic E-state index is 0.310. The zero-order valence-electron chi connectivity index (χ0n) is 5.63. The van der Waals surface area contributed by atoms with Crippen LogP contribution in [-0.2, 0) is 4.74 Å². The second-order valence-corrected chi connectivity index (χ2v) is 2.49. The van der Waals surface area contributed by atoms with Crippen LogP contribution < -0.4 is 0 Å². The van der Waals surface area contributed by atoms with E-state index in [4.69, 9.17) is 10.00 Å². The van der Waals surface area contributed by atoms with E-state index in [1.54, 1.807) is 0 Å². The smallest absolute Gasteiger partial charge is 0.0625 e. The molecule has 50 valence electrons. The largest absolute Gasteiger partial charge is 0.378 e. The van der Waals surface area contributed by atoms with Crippen LogP contribution in [0.15, 0.2) is 0 Å². The van der Waals surface area contributed by atoms with Gasteiger partial charge in [-0.15, -0.1) is 0 Å². The summed E-state index contributed by atoms with van der Waals surface area (Å²) in [5, 5.41) is 8.34. The highest BCUT2D eigenvalue weighted by Crippen LogP contribution is 2.22. The van der Waals surface area contributed by atoms with Gasteiger partial charge in [0.25, 0.3) is 0 Å². The average molecular weight is 125 g/mol. The predicted molar refractivity (Wildman–Crippen MR) is 33.8 cm³/mol. The normalized spacial score (nSPS) is 34.2. The summed E-state index contributed by atoms with van der Waals surface area (Å²) in [6.45, 7) is 2.88. The molecule has 2 atom stereocenters. The van der Waals surface area contributed by atoms with Crippen molar-refractivity contribution < 1.29 is 4.74 Å². The standard InChI is InChI=1S/C7H11NO/c1-6-7(2-4-8)3-5-9-6/h6-7H,2-3,5H2,1H3. The third kappa shape index (κ3) is 1.43. The van der Waals surface area contributed by atoms with E-state index in [0.29, 0.717) is 18.4 Å². The van der Waals surface area contributed by atoms with Crippen molar-refractivity contribution in [1.29, 1.82) is 5.26 Å². The number of hydrogen-bond donors (Lipinski definition) is 0. The van der Waals surface area contributed by atoms with E-state index < -0.39 is 0 Å². The number of hydrogen-bond acceptors (Lipinski definition) is 2. The van der Waals surface area contributed by atoms with E-state index in [-0.39, 0.29) is 0 Å². The van der Waals surface area contributed by atoms with E-state index in [9.17, 15) is 0 Å². The minimum Gasteiger partial charge on any atom is -0.378 e. The monoisotopic (exact) mass is 125 g/mol. The predicted octanol–water partition coefficient (Wildman–Crippen LogP) is 1.33. The van der Waals surface area contributed by atoms with Crippen molar-refractivity contribution in [3.05, 3.63) is 0 Å². The summed E-state index contributed by atoms with van der Waals surface area (Å²) in [6, 6.07) is 2.16. The third-order valence-corrected chi connectivity index (χ3v) is 1.89. The molecule has 0 amide bonds. The molecule has 0 aromatic heterocycles. The maximum atomic E-state index is 8.34. The maximum absolute atomic E-state index is 8.34. The molecule has 0 saturated carbocycles. The molecule has 0 aliphatic carbocycles. The van der Waals surface area contributed by atoms with Gasteiger partial charge in [0.1, 0.15) is 0 Å². The third-order valence-electron chi connectivity index (χ3n) is 1.89. The van der Waals surface area contributed by atoms with E-state index in [1.807, 2.05) is 6.92 Å². The van der Waals surface area contributed by atoms with Crippen molar-refractivity contribution in [3.8, 4) is 6.07 Å². The Balaban J connectivity index is 2.33. The quantitative estimate of drug-likeness (QED) is 0.529. The van der Waals surface area contributed by atoms with Crippen molar-refractivity contribution in [2.24, 2.45) is 5.92 Å². The molecule has 2 nitrogen and oxygen atoms in total. The summed E-state index contributed by atoms with van der Waals surface area (Å²) in [4.78, 5) is 0. The van der Waals surface area contributed by atoms with Gasteiger partial charge in [0.15, 0.2) is 0 Å². The Labute approximate surface area is 55.4 Å². The molecule has 0 bridgehead atoms. The maximum Gasteiger partial charge on any atom is 0.0625 e. The van der Waals surface area contributed by atoms with Crippen molar-refractivity contribution >= 4 is 0 Å². The fraction of sp³-hybridized carbons (Fsp3) is 0.857. The van der Waals surface area contributed by atoms with Crippen LogP contribution in [0.5, 0.6) is 0 Å². The highest BCUT2D eigenvalue weighted by molar-refractivity contribution is 4.82. The van der Waals surface area contributed by atoms with Crippen LogP contribution in [0.25, 0.3) is 0 Å². The molecule has 9 heavy (non-hydrogen) atoms. The van der Waals surface area contributed by atoms with Gasteiger partial charge >= 0.3 is 0 Å². The first-order valence-corrected chi connectivity index (χ1v) is 3.33. The van der Waals surface area contributed by atoms with Gasteiger partial charge in [-0.25, -0.2) is 0 Å². The van der Waals surface area contributed by atoms with Crippen LogP contribution in [0, 0.1) is 17.2 Å². The zero-order chi connectivity index (χ0) is 6.69. The van der Waals surface area contributed by atoms with Gasteiger partial charge in [-0.05, 0) is 19.3 Å². The van der Waals surface area contributed by atoms with E-state index in [0.717, 1.165) is 13.0 Å². The molecule has 0 aromatic rings. The molecule has 2 heteroatoms. The summed E-state index contributed by atoms with van der Waals surface area (Å²) >= 11 is 0. The molecule has 0 N–H and O–H groups in total. The van der Waals surface area contributed by atoms with Crippen LogP contribution in [-0.4, -0.2) is 12.7 Å². The first-order chi connectivity index (χ1) is 4.34.